The first-order valence-electron chi connectivity index (χ1n) is 28.9. The summed E-state index contributed by atoms with van der Waals surface area (Å²) in [5.74, 6) is -8.82. The highest BCUT2D eigenvalue weighted by atomic mass is 32.2. The number of aliphatic hydroxyl groups is 8. The topological polar surface area (TPSA) is 437 Å². The highest BCUT2D eigenvalue weighted by Gasteiger charge is 2.50. The minimum absolute atomic E-state index is 0.0679. The number of hydrogen-bond donors (Lipinski definition) is 16. The Balaban J connectivity index is 1.33. The minimum atomic E-state index is -2.15. The van der Waals surface area contributed by atoms with Crippen LogP contribution in [-0.4, -0.2) is 227 Å². The summed E-state index contributed by atoms with van der Waals surface area (Å²) >= 11 is 0.0679. The van der Waals surface area contributed by atoms with Crippen LogP contribution in [0.2, 0.25) is 0 Å². The smallest absolute Gasteiger partial charge is 0.261 e. The van der Waals surface area contributed by atoms with Gasteiger partial charge in [-0.05, 0) is 78.9 Å². The fourth-order valence-electron chi connectivity index (χ4n) is 10.3. The molecule has 3 aliphatic heterocycles. The van der Waals surface area contributed by atoms with Gasteiger partial charge in [0.25, 0.3) is 12.3 Å². The number of phenols is 1. The van der Waals surface area contributed by atoms with Gasteiger partial charge in [-0.25, -0.2) is 5.26 Å². The lowest BCUT2D eigenvalue weighted by molar-refractivity contribution is -0.433. The molecule has 0 aromatic heterocycles. The zero-order valence-corrected chi connectivity index (χ0v) is 49.6. The maximum Gasteiger partial charge on any atom is 0.261 e. The zero-order valence-electron chi connectivity index (χ0n) is 48.8. The molecule has 3 heterocycles. The monoisotopic (exact) mass is 1260 g/mol. The van der Waals surface area contributed by atoms with Gasteiger partial charge in [0.1, 0.15) is 42.0 Å². The van der Waals surface area contributed by atoms with E-state index in [9.17, 15) is 79.5 Å². The number of aliphatic hydroxyl groups excluding tert-OH is 8. The van der Waals surface area contributed by atoms with Crippen LogP contribution in [0, 0.1) is 5.92 Å². The number of fused-ring (bicyclic) bond motifs is 2. The lowest BCUT2D eigenvalue weighted by atomic mass is 9.98. The molecule has 13 atom stereocenters. The van der Waals surface area contributed by atoms with Gasteiger partial charge in [0.05, 0.1) is 62.5 Å². The largest absolute Gasteiger partial charge is 0.504 e. The van der Waals surface area contributed by atoms with Crippen molar-refractivity contribution in [2.45, 2.75) is 145 Å². The standard InChI is InChI=1S/C58H80N8O21S/c1-4-5-6-21-84-40-15-13-36(14-16-40)35-11-7-33(8-12-35)10-18-47(75)61-41-24-38(70)26-60-56(80)51-52(76)31(2)27-66(51)58(82)50(44(73)19-20-59-37(29-67)30-68)64-55(79)49(45(74)22-34-9-17-43(72)46(23-34)85-88-87-86-83)63-54(78)42-25-39(71)28-65(42)57(81)48(32(3)69)62-53(41)77/h7-18,23,31-32,37-39,41-42,44-45,48-52,59,67-74,76,83H,4-6,19-22,24-30H2,1-3H3,(H,60,80)(H,61,75)(H,62,77)(H,63,78)(H,64,79)/b18-10+/t31-,32+,38+,39+,41-,42-,44+,45+,48-,49-,50-,51-,52-/m0/s1. The first kappa shape index (κ1) is 70.1. The Morgan fingerprint density at radius 1 is 0.784 bits per heavy atom. The average molecular weight is 1260 g/mol. The molecule has 0 unspecified atom stereocenters. The molecule has 6 rings (SSSR count). The number of carbonyl (C=O) groups excluding carboxylic acids is 7. The predicted molar refractivity (Wildman–Crippen MR) is 313 cm³/mol. The fourth-order valence-corrected chi connectivity index (χ4v) is 10.6. The summed E-state index contributed by atoms with van der Waals surface area (Å²) in [6.07, 6.45) is -6.90. The fraction of sp³-hybridized carbons (Fsp3) is 0.534. The molecule has 484 valence electrons. The van der Waals surface area contributed by atoms with Crippen molar-refractivity contribution in [3.8, 4) is 28.4 Å². The number of nitrogens with zero attached hydrogens (tertiary/aromatic N) is 2. The molecule has 0 saturated carbocycles. The minimum Gasteiger partial charge on any atom is -0.504 e. The maximum atomic E-state index is 14.9. The van der Waals surface area contributed by atoms with Gasteiger partial charge in [0.15, 0.2) is 11.5 Å². The third-order valence-corrected chi connectivity index (χ3v) is 15.6. The number of β-amino-alcohol motifs (C(OH)–C–C–N with tert-alkyl or cyclic N) is 1. The summed E-state index contributed by atoms with van der Waals surface area (Å²) in [5, 5.41) is 125. The van der Waals surface area contributed by atoms with E-state index in [-0.39, 0.29) is 36.7 Å². The molecule has 16 N–H and O–H groups in total. The molecule has 3 saturated heterocycles. The Labute approximate surface area is 511 Å². The van der Waals surface area contributed by atoms with Gasteiger partial charge < -0.3 is 96.6 Å². The second-order valence-corrected chi connectivity index (χ2v) is 22.4. The molecular weight excluding hydrogens is 1180 g/mol. The predicted octanol–water partition coefficient (Wildman–Crippen LogP) is -2.33. The summed E-state index contributed by atoms with van der Waals surface area (Å²) in [6, 6.07) is 6.09. The summed E-state index contributed by atoms with van der Waals surface area (Å²) in [7, 11) is 0. The highest BCUT2D eigenvalue weighted by molar-refractivity contribution is 7.90. The molecule has 30 heteroatoms. The summed E-state index contributed by atoms with van der Waals surface area (Å²) in [6.45, 7) is 2.45. The Kier molecular flexibility index (Phi) is 27.1. The van der Waals surface area contributed by atoms with E-state index in [2.05, 4.69) is 48.2 Å². The van der Waals surface area contributed by atoms with Crippen molar-refractivity contribution >= 4 is 59.7 Å². The number of carbonyl (C=O) groups is 7. The van der Waals surface area contributed by atoms with Crippen molar-refractivity contribution in [1.82, 2.24) is 41.7 Å². The third kappa shape index (κ3) is 19.5. The van der Waals surface area contributed by atoms with Crippen LogP contribution < -0.4 is 40.8 Å². The lowest BCUT2D eigenvalue weighted by Crippen LogP contribution is -2.64. The first-order valence-corrected chi connectivity index (χ1v) is 29.5. The molecule has 0 aliphatic carbocycles. The van der Waals surface area contributed by atoms with Crippen LogP contribution in [0.4, 0.5) is 0 Å². The van der Waals surface area contributed by atoms with Crippen molar-refractivity contribution in [3.63, 3.8) is 0 Å². The third-order valence-electron chi connectivity index (χ3n) is 15.3. The molecule has 0 radical (unpaired) electrons. The Hall–Kier alpha value is -7.04. The lowest BCUT2D eigenvalue weighted by Gasteiger charge is -2.34. The Bertz CT molecular complexity index is 2830. The highest BCUT2D eigenvalue weighted by Crippen LogP contribution is 2.32. The number of hydrogen-bond acceptors (Lipinski definition) is 23. The number of ether oxygens (including phenoxy) is 1. The molecule has 0 bridgehead atoms. The molecule has 88 heavy (non-hydrogen) atoms. The number of phenolic OH excluding ortho intramolecular Hbond substituents is 1. The van der Waals surface area contributed by atoms with Gasteiger partial charge in [-0.1, -0.05) is 78.5 Å². The van der Waals surface area contributed by atoms with Crippen LogP contribution in [-0.2, 0) is 49.4 Å². The van der Waals surface area contributed by atoms with Gasteiger partial charge in [0, 0.05) is 50.9 Å². The SMILES string of the molecule is CCCCCOc1ccc(-c2ccc(/C=C/C(=O)N[C@H]3C[C@@H](O)CNC(=O)[C@@H]4[C@@H](O)[C@@H](C)CN4C(=O)[C@H]([C@H](O)CCNC(CO)CO)NC(=O)[C@H]([C@H](O)Cc4ccc(O)c(OSOOO)c4)NC(=O)[C@@H]4C[C@@H](O)CN4C(=O)[C@H]([C@@H](C)O)NC3=O)cc2)cc1. The van der Waals surface area contributed by atoms with E-state index in [4.69, 9.17) is 14.2 Å². The van der Waals surface area contributed by atoms with Gasteiger partial charge in [-0.15, -0.1) is 0 Å². The van der Waals surface area contributed by atoms with Crippen molar-refractivity contribution in [2.24, 2.45) is 5.92 Å². The number of benzene rings is 3. The molecule has 0 spiro atoms. The second kappa shape index (κ2) is 34.1. The van der Waals surface area contributed by atoms with Gasteiger partial charge in [-0.3, -0.25) is 33.6 Å². The van der Waals surface area contributed by atoms with Crippen molar-refractivity contribution in [2.75, 3.05) is 46.0 Å². The number of amides is 7. The normalized spacial score (nSPS) is 25.4. The molecule has 3 aromatic carbocycles. The Morgan fingerprint density at radius 3 is 2.10 bits per heavy atom. The van der Waals surface area contributed by atoms with E-state index in [0.29, 0.717) is 12.2 Å². The molecule has 29 nitrogen and oxygen atoms in total. The molecule has 3 aliphatic rings. The Morgan fingerprint density at radius 2 is 1.44 bits per heavy atom. The van der Waals surface area contributed by atoms with E-state index < -0.39 is 184 Å². The second-order valence-electron chi connectivity index (χ2n) is 22.0. The summed E-state index contributed by atoms with van der Waals surface area (Å²) < 4.78 is 15.2. The number of unbranched alkanes of at least 4 members (excludes halogenated alkanes) is 2. The van der Waals surface area contributed by atoms with Crippen LogP contribution in [0.3, 0.4) is 0 Å². The number of aromatic hydroxyl groups is 1. The molecule has 7 amide bonds. The first-order chi connectivity index (χ1) is 42.1. The molecule has 3 fully saturated rings. The van der Waals surface area contributed by atoms with Crippen LogP contribution in [0.25, 0.3) is 17.2 Å². The molecular formula is C58H80N8O21S. The van der Waals surface area contributed by atoms with E-state index in [1.807, 2.05) is 36.4 Å². The van der Waals surface area contributed by atoms with E-state index >= 15 is 0 Å². The van der Waals surface area contributed by atoms with E-state index in [1.54, 1.807) is 12.1 Å². The van der Waals surface area contributed by atoms with Gasteiger partial charge in [0.2, 0.25) is 41.4 Å². The van der Waals surface area contributed by atoms with Gasteiger partial charge >= 0.3 is 0 Å². The van der Waals surface area contributed by atoms with Crippen LogP contribution in [0.1, 0.15) is 70.4 Å². The quantitative estimate of drug-likeness (QED) is 0.0147. The summed E-state index contributed by atoms with van der Waals surface area (Å²) in [4.78, 5) is 103. The number of rotatable bonds is 24. The summed E-state index contributed by atoms with van der Waals surface area (Å²) in [5.41, 5.74) is 2.45. The average Bonchev–Trinajstić information content (AvgIpc) is 2.62. The maximum absolute atomic E-state index is 14.9. The van der Waals surface area contributed by atoms with Gasteiger partial charge in [-0.2, -0.15) is 0 Å². The van der Waals surface area contributed by atoms with Crippen molar-refractivity contribution in [1.29, 1.82) is 0 Å². The molecule has 3 aromatic rings. The van der Waals surface area contributed by atoms with Crippen LogP contribution >= 0.6 is 12.3 Å². The van der Waals surface area contributed by atoms with Crippen molar-refractivity contribution in [3.05, 3.63) is 83.9 Å². The van der Waals surface area contributed by atoms with Crippen LogP contribution in [0.5, 0.6) is 17.2 Å². The van der Waals surface area contributed by atoms with E-state index in [0.717, 1.165) is 71.1 Å². The van der Waals surface area contributed by atoms with E-state index in [1.165, 1.54) is 19.1 Å². The number of nitrogens with one attached hydrogen (secondary N) is 6. The van der Waals surface area contributed by atoms with Crippen LogP contribution in [0.15, 0.2) is 72.8 Å². The zero-order chi connectivity index (χ0) is 64.2. The van der Waals surface area contributed by atoms with Crippen molar-refractivity contribution < 1.29 is 103 Å².